The Bertz CT molecular complexity index is 4510. The number of aliphatic hydroxyl groups is 1. The summed E-state index contributed by atoms with van der Waals surface area (Å²) in [6, 6.07) is 8.88. The number of likely N-dealkylation sites (tertiary alicyclic amines) is 1. The molecule has 41 nitrogen and oxygen atoms in total. The lowest BCUT2D eigenvalue weighted by molar-refractivity contribution is -0.143. The Morgan fingerprint density at radius 3 is 1.43 bits per heavy atom. The summed E-state index contributed by atoms with van der Waals surface area (Å²) in [6.45, 7) is 9.12. The van der Waals surface area contributed by atoms with Crippen LogP contribution >= 0.6 is 0 Å². The van der Waals surface area contributed by atoms with E-state index in [0.29, 0.717) is 34.4 Å². The average Bonchev–Trinajstić information content (AvgIpc) is 1.35. The molecule has 2 heterocycles. The first kappa shape index (κ1) is 100. The molecule has 6 rings (SSSR count). The molecule has 1 aliphatic rings. The lowest BCUT2D eigenvalue weighted by Crippen LogP contribution is -2.61. The number of carbonyl (C=O) groups is 16. The number of hydrogen-bond acceptors (Lipinski definition) is 22. The van der Waals surface area contributed by atoms with E-state index in [0.717, 1.165) is 0 Å². The van der Waals surface area contributed by atoms with Crippen molar-refractivity contribution in [3.63, 3.8) is 0 Å². The summed E-state index contributed by atoms with van der Waals surface area (Å²) in [4.78, 5) is 232. The van der Waals surface area contributed by atoms with E-state index in [1.54, 1.807) is 102 Å². The van der Waals surface area contributed by atoms with Crippen LogP contribution in [0.1, 0.15) is 121 Å². The molecule has 125 heavy (non-hydrogen) atoms. The highest BCUT2D eigenvalue weighted by Gasteiger charge is 2.41. The van der Waals surface area contributed by atoms with Crippen LogP contribution in [0.4, 0.5) is 0 Å². The maximum Gasteiger partial charge on any atom is 0.326 e. The number of aromatic hydroxyl groups is 2. The predicted molar refractivity (Wildman–Crippen MR) is 453 cm³/mol. The van der Waals surface area contributed by atoms with Crippen LogP contribution < -0.4 is 91.6 Å². The highest BCUT2D eigenvalue weighted by Crippen LogP contribution is 2.21. The topological polar surface area (TPSA) is 656 Å². The van der Waals surface area contributed by atoms with Crippen molar-refractivity contribution in [2.45, 2.75) is 204 Å². The zero-order valence-corrected chi connectivity index (χ0v) is 70.8. The Balaban J connectivity index is 1.21. The van der Waals surface area contributed by atoms with Gasteiger partial charge in [-0.1, -0.05) is 133 Å². The van der Waals surface area contributed by atoms with Crippen LogP contribution in [0.2, 0.25) is 0 Å². The zero-order valence-electron chi connectivity index (χ0n) is 70.8. The van der Waals surface area contributed by atoms with Gasteiger partial charge in [0.05, 0.1) is 32.4 Å². The van der Waals surface area contributed by atoms with E-state index in [1.165, 1.54) is 72.9 Å². The second-order valence-electron chi connectivity index (χ2n) is 31.4. The molecule has 4 aromatic carbocycles. The summed E-state index contributed by atoms with van der Waals surface area (Å²) >= 11 is 0. The van der Waals surface area contributed by atoms with Crippen molar-refractivity contribution < 1.29 is 97.1 Å². The third kappa shape index (κ3) is 33.6. The fraction of sp³-hybridized carbons (Fsp3) is 0.476. The van der Waals surface area contributed by atoms with E-state index >= 15 is 4.79 Å². The first-order chi connectivity index (χ1) is 59.3. The molecule has 0 saturated carbocycles. The minimum absolute atomic E-state index is 0.00364. The monoisotopic (exact) mass is 1740 g/mol. The number of carboxylic acids is 1. The zero-order chi connectivity index (χ0) is 92.1. The van der Waals surface area contributed by atoms with Gasteiger partial charge < -0.3 is 122 Å². The van der Waals surface area contributed by atoms with E-state index in [9.17, 15) is 92.3 Å². The minimum atomic E-state index is -1.81. The highest BCUT2D eigenvalue weighted by atomic mass is 16.4. The summed E-state index contributed by atoms with van der Waals surface area (Å²) in [5.41, 5.74) is 19.0. The van der Waals surface area contributed by atoms with Crippen molar-refractivity contribution in [3.05, 3.63) is 150 Å². The number of hydrogen-bond donors (Lipinski definition) is 23. The molecule has 1 aromatic heterocycles. The molecule has 0 spiro atoms. The lowest BCUT2D eigenvalue weighted by atomic mass is 9.96. The van der Waals surface area contributed by atoms with Crippen molar-refractivity contribution in [2.75, 3.05) is 32.8 Å². The summed E-state index contributed by atoms with van der Waals surface area (Å²) < 4.78 is 0. The van der Waals surface area contributed by atoms with Gasteiger partial charge >= 0.3 is 5.97 Å². The summed E-state index contributed by atoms with van der Waals surface area (Å²) in [7, 11) is 0. The van der Waals surface area contributed by atoms with Crippen LogP contribution in [-0.2, 0) is 109 Å². The maximum atomic E-state index is 15.1. The van der Waals surface area contributed by atoms with Crippen molar-refractivity contribution in [1.29, 1.82) is 5.41 Å². The first-order valence-electron chi connectivity index (χ1n) is 41.1. The fourth-order valence-electron chi connectivity index (χ4n) is 13.4. The predicted octanol–water partition coefficient (Wildman–Crippen LogP) is -3.80. The Hall–Kier alpha value is -13.6. The van der Waals surface area contributed by atoms with Gasteiger partial charge in [-0.05, 0) is 103 Å². The summed E-state index contributed by atoms with van der Waals surface area (Å²) in [5, 5.41) is 83.3. The van der Waals surface area contributed by atoms with Gasteiger partial charge in [0, 0.05) is 57.1 Å². The smallest absolute Gasteiger partial charge is 0.326 e. The number of aromatic nitrogens is 2. The molecule has 678 valence electrons. The van der Waals surface area contributed by atoms with Gasteiger partial charge in [-0.3, -0.25) is 77.3 Å². The summed E-state index contributed by atoms with van der Waals surface area (Å²) in [5.74, 6) is -17.3. The quantitative estimate of drug-likeness (QED) is 0.0101. The molecule has 15 amide bonds. The Kier molecular flexibility index (Phi) is 40.2. The third-order valence-electron chi connectivity index (χ3n) is 20.5. The number of nitrogens with zero attached hydrogens (tertiary/aromatic N) is 2. The molecule has 5 aromatic rings. The average molecular weight is 1740 g/mol. The number of carbonyl (C=O) groups excluding carboxylic acids is 15. The molecular weight excluding hydrogens is 1620 g/mol. The molecule has 26 N–H and O–H groups in total. The number of nitrogens with two attached hydrogens (primary N) is 3. The fourth-order valence-corrected chi connectivity index (χ4v) is 13.4. The number of carboxylic acid groups (broad SMARTS) is 1. The van der Waals surface area contributed by atoms with Gasteiger partial charge in [0.2, 0.25) is 88.6 Å². The molecule has 41 heteroatoms. The Labute approximate surface area is 722 Å². The number of aliphatic carboxylic acids is 1. The van der Waals surface area contributed by atoms with Crippen molar-refractivity contribution in [2.24, 2.45) is 35.0 Å². The number of primary amides is 1. The first-order valence-corrected chi connectivity index (χ1v) is 41.1. The Morgan fingerprint density at radius 2 is 0.968 bits per heavy atom. The molecule has 0 radical (unpaired) electrons. The molecule has 1 saturated heterocycles. The van der Waals surface area contributed by atoms with Crippen molar-refractivity contribution >= 4 is 101 Å². The van der Waals surface area contributed by atoms with Gasteiger partial charge in [-0.2, -0.15) is 0 Å². The molecule has 0 bridgehead atoms. The standard InChI is InChI=1S/C84H117N21O20/c1-8-47(6)70(104-71(112)48(7)94-72(113)56(85)43-106)82(123)102-62(35-50-19-13-10-14-20-50)79(120)101-64(39-66(86)109)80(121)97-59(34-49-17-11-9-12-18-49)73(114)92-42-68(111)105-32-16-22-65(105)81(122)95-57(21-15-31-90-84(87)88)75(116)98-60(36-51-23-27-54(107)28-24-51)77(118)96-58(33-45(2)3)76(117)99-61(37-52-25-29-55(108)30-26-52)78(119)100-63(38-53-40-89-44-93-53)74(115)91-41-67(110)103-69(46(4)5)83(124)125/h9-14,17-20,23-30,40,44-48,56-65,69-70,106-108H,8,15-16,21-22,31-39,41-43,85H2,1-7H3,(H2,86,109)(H,89,93)(H,91,115)(H,92,114)(H,94,113)(H,95,122)(H,96,118)(H,97,121)(H,98,116)(H,99,117)(H,100,119)(H,101,120)(H,102,123)(H,103,110)(H,104,112)(H,124,125)(H4,87,88,90)/t47-,48-,56-,57-,58-,59-,60-,61-,62-,63-,64-,65-,69-,70-/m0/s1. The number of rotatable bonds is 50. The minimum Gasteiger partial charge on any atom is -0.508 e. The Morgan fingerprint density at radius 1 is 0.512 bits per heavy atom. The van der Waals surface area contributed by atoms with Crippen LogP contribution in [0.15, 0.2) is 122 Å². The molecule has 1 fully saturated rings. The van der Waals surface area contributed by atoms with Crippen LogP contribution in [0, 0.1) is 23.2 Å². The van der Waals surface area contributed by atoms with Gasteiger partial charge in [-0.15, -0.1) is 0 Å². The van der Waals surface area contributed by atoms with E-state index < -0.39 is 217 Å². The summed E-state index contributed by atoms with van der Waals surface area (Å²) in [6.07, 6.45) is 1.01. The van der Waals surface area contributed by atoms with Gasteiger partial charge in [-0.25, -0.2) is 9.78 Å². The van der Waals surface area contributed by atoms with Crippen molar-refractivity contribution in [1.82, 2.24) is 89.3 Å². The normalized spacial score (nSPS) is 15.4. The van der Waals surface area contributed by atoms with Gasteiger partial charge in [0.15, 0.2) is 5.96 Å². The van der Waals surface area contributed by atoms with Crippen molar-refractivity contribution in [3.8, 4) is 11.5 Å². The molecule has 14 atom stereocenters. The molecule has 0 aliphatic carbocycles. The number of nitrogens with one attached hydrogen (secondary N) is 16. The van der Waals surface area contributed by atoms with E-state index in [4.69, 9.17) is 22.6 Å². The molecule has 0 unspecified atom stereocenters. The van der Waals surface area contributed by atoms with Crippen LogP contribution in [0.3, 0.4) is 0 Å². The van der Waals surface area contributed by atoms with E-state index in [-0.39, 0.29) is 94.7 Å². The van der Waals surface area contributed by atoms with E-state index in [2.05, 4.69) is 84.4 Å². The SMILES string of the molecule is CC[C@H](C)[C@H](NC(=O)[C@H](C)NC(=O)[C@@H](N)CO)C(=O)N[C@@H](Cc1ccccc1)C(=O)N[C@@H](CC(N)=O)C(=O)N[C@@H](Cc1ccccc1)C(=O)NCC(=O)N1CCC[C@H]1C(=O)N[C@@H](CCCNC(=N)N)C(=O)N[C@@H](Cc1ccc(O)cc1)C(=O)N[C@@H](CC(C)C)C(=O)N[C@@H](Cc1ccc(O)cc1)C(=O)N[C@@H](Cc1cnc[nH]1)C(=O)NCC(=O)N[C@H](C(=O)O)C(C)C. The maximum absolute atomic E-state index is 15.1. The number of imidazole rings is 1. The van der Waals surface area contributed by atoms with Crippen LogP contribution in [0.5, 0.6) is 11.5 Å². The number of phenolic OH excluding ortho intramolecular Hbond substituents is 2. The number of guanidine groups is 1. The molecule has 1 aliphatic heterocycles. The number of benzene rings is 4. The second-order valence-corrected chi connectivity index (χ2v) is 31.4. The molecular formula is C84H117N21O20. The highest BCUT2D eigenvalue weighted by molar-refractivity contribution is 6.01. The van der Waals surface area contributed by atoms with Gasteiger partial charge in [0.25, 0.3) is 0 Å². The third-order valence-corrected chi connectivity index (χ3v) is 20.5. The van der Waals surface area contributed by atoms with Crippen LogP contribution in [-0.4, -0.2) is 247 Å². The van der Waals surface area contributed by atoms with Crippen LogP contribution in [0.25, 0.3) is 0 Å². The lowest BCUT2D eigenvalue weighted by Gasteiger charge is -2.29. The number of aliphatic hydroxyl groups excluding tert-OH is 1. The largest absolute Gasteiger partial charge is 0.508 e. The second kappa shape index (κ2) is 50.1. The number of aromatic amines is 1. The van der Waals surface area contributed by atoms with E-state index in [1.807, 2.05) is 0 Å². The number of H-pyrrole nitrogens is 1. The number of amides is 15. The van der Waals surface area contributed by atoms with Gasteiger partial charge in [0.1, 0.15) is 90.0 Å². The number of phenols is 2.